The molecule has 2 aromatic heterocycles. The molecule has 2 N–H and O–H groups in total. The molecule has 2 atom stereocenters. The van der Waals surface area contributed by atoms with Crippen LogP contribution in [0.3, 0.4) is 0 Å². The SMILES string of the molecule is C[C@H]1CCCN(C(=O)Cc2csc(-c3ccoc3)n2)[C@H]1CN. The zero-order chi connectivity index (χ0) is 15.5. The Hall–Kier alpha value is -1.66. The summed E-state index contributed by atoms with van der Waals surface area (Å²) in [4.78, 5) is 19.1. The van der Waals surface area contributed by atoms with Gasteiger partial charge in [-0.2, -0.15) is 0 Å². The first-order valence-corrected chi connectivity index (χ1v) is 8.53. The molecule has 1 amide bonds. The van der Waals surface area contributed by atoms with Crippen LogP contribution in [0.4, 0.5) is 0 Å². The quantitative estimate of drug-likeness (QED) is 0.940. The van der Waals surface area contributed by atoms with Crippen molar-refractivity contribution in [3.8, 4) is 10.6 Å². The van der Waals surface area contributed by atoms with Crippen LogP contribution in [0.1, 0.15) is 25.5 Å². The smallest absolute Gasteiger partial charge is 0.228 e. The average Bonchev–Trinajstić information content (AvgIpc) is 3.17. The Balaban J connectivity index is 1.69. The number of amides is 1. The molecule has 5 nitrogen and oxygen atoms in total. The number of thiazole rings is 1. The van der Waals surface area contributed by atoms with Crippen molar-refractivity contribution in [2.45, 2.75) is 32.2 Å². The Kier molecular flexibility index (Phi) is 4.59. The first-order valence-electron chi connectivity index (χ1n) is 7.65. The van der Waals surface area contributed by atoms with Gasteiger partial charge >= 0.3 is 0 Å². The standard InChI is InChI=1S/C16H21N3O2S/c1-11-3-2-5-19(14(11)8-17)15(20)7-13-10-22-16(18-13)12-4-6-21-9-12/h4,6,9-11,14H,2-3,5,7-8,17H2,1H3/t11-,14-/m0/s1. The summed E-state index contributed by atoms with van der Waals surface area (Å²) in [6.07, 6.45) is 5.84. The maximum atomic E-state index is 12.6. The van der Waals surface area contributed by atoms with Gasteiger partial charge in [0.25, 0.3) is 0 Å². The molecule has 1 saturated heterocycles. The molecule has 6 heteroatoms. The van der Waals surface area contributed by atoms with Crippen molar-refractivity contribution in [1.82, 2.24) is 9.88 Å². The van der Waals surface area contributed by atoms with Crippen LogP contribution in [-0.2, 0) is 11.2 Å². The monoisotopic (exact) mass is 319 g/mol. The normalized spacial score (nSPS) is 22.0. The Morgan fingerprint density at radius 2 is 2.45 bits per heavy atom. The van der Waals surface area contributed by atoms with Crippen LogP contribution < -0.4 is 5.73 Å². The molecule has 0 bridgehead atoms. The van der Waals surface area contributed by atoms with Crippen LogP contribution >= 0.6 is 11.3 Å². The first-order chi connectivity index (χ1) is 10.7. The molecule has 0 radical (unpaired) electrons. The maximum absolute atomic E-state index is 12.6. The molecular formula is C16H21N3O2S. The van der Waals surface area contributed by atoms with Gasteiger partial charge in [-0.15, -0.1) is 11.3 Å². The molecule has 1 aliphatic heterocycles. The van der Waals surface area contributed by atoms with Gasteiger partial charge < -0.3 is 15.1 Å². The summed E-state index contributed by atoms with van der Waals surface area (Å²) < 4.78 is 5.07. The summed E-state index contributed by atoms with van der Waals surface area (Å²) >= 11 is 1.54. The summed E-state index contributed by atoms with van der Waals surface area (Å²) in [7, 11) is 0. The summed E-state index contributed by atoms with van der Waals surface area (Å²) in [5.74, 6) is 0.602. The zero-order valence-corrected chi connectivity index (χ0v) is 13.5. The van der Waals surface area contributed by atoms with E-state index in [2.05, 4.69) is 11.9 Å². The van der Waals surface area contributed by atoms with Crippen LogP contribution in [-0.4, -0.2) is 34.9 Å². The number of nitrogens with zero attached hydrogens (tertiary/aromatic N) is 2. The van der Waals surface area contributed by atoms with Gasteiger partial charge in [0.15, 0.2) is 0 Å². The molecule has 0 saturated carbocycles. The number of carbonyl (C=O) groups excluding carboxylic acids is 1. The second-order valence-corrected chi connectivity index (χ2v) is 6.70. The molecule has 3 rings (SSSR count). The lowest BCUT2D eigenvalue weighted by atomic mass is 9.90. The number of aromatic nitrogens is 1. The van der Waals surface area contributed by atoms with Gasteiger partial charge in [-0.3, -0.25) is 4.79 Å². The van der Waals surface area contributed by atoms with Gasteiger partial charge in [-0.1, -0.05) is 6.92 Å². The van der Waals surface area contributed by atoms with Crippen LogP contribution in [0.15, 0.2) is 28.4 Å². The van der Waals surface area contributed by atoms with Crippen molar-refractivity contribution in [2.75, 3.05) is 13.1 Å². The topological polar surface area (TPSA) is 72.4 Å². The lowest BCUT2D eigenvalue weighted by molar-refractivity contribution is -0.135. The summed E-state index contributed by atoms with van der Waals surface area (Å²) in [5.41, 5.74) is 7.64. The number of hydrogen-bond acceptors (Lipinski definition) is 5. The van der Waals surface area contributed by atoms with E-state index in [0.29, 0.717) is 18.9 Å². The fraction of sp³-hybridized carbons (Fsp3) is 0.500. The Morgan fingerprint density at radius 1 is 1.59 bits per heavy atom. The minimum atomic E-state index is 0.131. The maximum Gasteiger partial charge on any atom is 0.228 e. The number of nitrogens with two attached hydrogens (primary N) is 1. The molecule has 1 aliphatic rings. The molecule has 3 heterocycles. The van der Waals surface area contributed by atoms with Gasteiger partial charge in [0, 0.05) is 30.1 Å². The highest BCUT2D eigenvalue weighted by Crippen LogP contribution is 2.26. The van der Waals surface area contributed by atoms with E-state index in [4.69, 9.17) is 10.2 Å². The third kappa shape index (κ3) is 3.08. The number of hydrogen-bond donors (Lipinski definition) is 1. The predicted molar refractivity (Wildman–Crippen MR) is 86.5 cm³/mol. The fourth-order valence-electron chi connectivity index (χ4n) is 3.08. The van der Waals surface area contributed by atoms with E-state index in [-0.39, 0.29) is 11.9 Å². The average molecular weight is 319 g/mol. The summed E-state index contributed by atoms with van der Waals surface area (Å²) in [6.45, 7) is 3.52. The molecule has 0 unspecified atom stereocenters. The van der Waals surface area contributed by atoms with Crippen molar-refractivity contribution in [1.29, 1.82) is 0 Å². The molecule has 0 spiro atoms. The van der Waals surface area contributed by atoms with E-state index < -0.39 is 0 Å². The van der Waals surface area contributed by atoms with Gasteiger partial charge in [0.2, 0.25) is 5.91 Å². The van der Waals surface area contributed by atoms with E-state index in [1.165, 1.54) is 11.3 Å². The van der Waals surface area contributed by atoms with Crippen LogP contribution in [0.25, 0.3) is 10.6 Å². The molecule has 118 valence electrons. The Bertz CT molecular complexity index is 623. The van der Waals surface area contributed by atoms with Gasteiger partial charge in [-0.05, 0) is 24.8 Å². The molecule has 2 aromatic rings. The van der Waals surface area contributed by atoms with E-state index in [1.807, 2.05) is 16.3 Å². The van der Waals surface area contributed by atoms with Crippen molar-refractivity contribution >= 4 is 17.2 Å². The zero-order valence-electron chi connectivity index (χ0n) is 12.7. The lowest BCUT2D eigenvalue weighted by Gasteiger charge is -2.39. The van der Waals surface area contributed by atoms with Crippen molar-refractivity contribution in [3.63, 3.8) is 0 Å². The van der Waals surface area contributed by atoms with E-state index in [1.54, 1.807) is 12.5 Å². The largest absolute Gasteiger partial charge is 0.472 e. The first kappa shape index (κ1) is 15.2. The van der Waals surface area contributed by atoms with E-state index >= 15 is 0 Å². The van der Waals surface area contributed by atoms with Gasteiger partial charge in [0.05, 0.1) is 18.4 Å². The minimum absolute atomic E-state index is 0.131. The van der Waals surface area contributed by atoms with Crippen LogP contribution in [0, 0.1) is 5.92 Å². The van der Waals surface area contributed by atoms with Crippen molar-refractivity contribution in [2.24, 2.45) is 11.7 Å². The lowest BCUT2D eigenvalue weighted by Crippen LogP contribution is -2.51. The third-order valence-electron chi connectivity index (χ3n) is 4.33. The highest BCUT2D eigenvalue weighted by atomic mass is 32.1. The number of furan rings is 1. The molecule has 22 heavy (non-hydrogen) atoms. The molecule has 0 aliphatic carbocycles. The van der Waals surface area contributed by atoms with E-state index in [9.17, 15) is 4.79 Å². The second-order valence-electron chi connectivity index (χ2n) is 5.84. The van der Waals surface area contributed by atoms with Crippen LogP contribution in [0.2, 0.25) is 0 Å². The number of piperidine rings is 1. The number of carbonyl (C=O) groups is 1. The van der Waals surface area contributed by atoms with Gasteiger partial charge in [-0.25, -0.2) is 4.98 Å². The molecule has 0 aromatic carbocycles. The molecular weight excluding hydrogens is 298 g/mol. The van der Waals surface area contributed by atoms with Gasteiger partial charge in [0.1, 0.15) is 11.3 Å². The predicted octanol–water partition coefficient (Wildman–Crippen LogP) is 2.53. The summed E-state index contributed by atoms with van der Waals surface area (Å²) in [5, 5.41) is 2.84. The number of rotatable bonds is 4. The van der Waals surface area contributed by atoms with Crippen molar-refractivity contribution in [3.05, 3.63) is 29.7 Å². The minimum Gasteiger partial charge on any atom is -0.472 e. The summed E-state index contributed by atoms with van der Waals surface area (Å²) in [6, 6.07) is 2.04. The second kappa shape index (κ2) is 6.62. The third-order valence-corrected chi connectivity index (χ3v) is 5.27. The Morgan fingerprint density at radius 3 is 3.18 bits per heavy atom. The highest BCUT2D eigenvalue weighted by molar-refractivity contribution is 7.13. The number of likely N-dealkylation sites (tertiary alicyclic amines) is 1. The van der Waals surface area contributed by atoms with Crippen molar-refractivity contribution < 1.29 is 9.21 Å². The molecule has 1 fully saturated rings. The van der Waals surface area contributed by atoms with E-state index in [0.717, 1.165) is 35.7 Å². The highest BCUT2D eigenvalue weighted by Gasteiger charge is 2.30. The Labute approximate surface area is 134 Å². The van der Waals surface area contributed by atoms with Crippen LogP contribution in [0.5, 0.6) is 0 Å². The fourth-order valence-corrected chi connectivity index (χ4v) is 3.89.